The van der Waals surface area contributed by atoms with Crippen molar-refractivity contribution in [2.24, 2.45) is 5.92 Å². The van der Waals surface area contributed by atoms with Crippen LogP contribution < -0.4 is 0 Å². The van der Waals surface area contributed by atoms with E-state index < -0.39 is 0 Å². The molecule has 0 bridgehead atoms. The highest BCUT2D eigenvalue weighted by atomic mass is 32.1. The Labute approximate surface area is 129 Å². The normalized spacial score (nSPS) is 22.1. The van der Waals surface area contributed by atoms with Gasteiger partial charge in [0.25, 0.3) is 5.91 Å². The highest BCUT2D eigenvalue weighted by molar-refractivity contribution is 7.12. The molecule has 1 aromatic heterocycles. The van der Waals surface area contributed by atoms with E-state index in [1.54, 1.807) is 18.0 Å². The summed E-state index contributed by atoms with van der Waals surface area (Å²) in [7, 11) is 1.64. The van der Waals surface area contributed by atoms with Crippen molar-refractivity contribution in [3.63, 3.8) is 0 Å². The van der Waals surface area contributed by atoms with Crippen molar-refractivity contribution >= 4 is 23.2 Å². The Morgan fingerprint density at radius 1 is 1.52 bits per heavy atom. The molecule has 0 aliphatic carbocycles. The zero-order valence-electron chi connectivity index (χ0n) is 12.5. The Morgan fingerprint density at radius 3 is 2.90 bits per heavy atom. The number of carbonyl (C=O) groups excluding carboxylic acids is 2. The number of amides is 2. The van der Waals surface area contributed by atoms with E-state index in [1.165, 1.54) is 16.2 Å². The maximum atomic E-state index is 12.4. The lowest BCUT2D eigenvalue weighted by Crippen LogP contribution is -2.52. The minimum absolute atomic E-state index is 0.0184. The molecule has 1 aromatic rings. The van der Waals surface area contributed by atoms with Gasteiger partial charge in [0.2, 0.25) is 5.91 Å². The van der Waals surface area contributed by atoms with Gasteiger partial charge in [-0.15, -0.1) is 11.3 Å². The smallest absolute Gasteiger partial charge is 0.264 e. The van der Waals surface area contributed by atoms with Gasteiger partial charge in [-0.3, -0.25) is 9.59 Å². The van der Waals surface area contributed by atoms with E-state index in [1.807, 2.05) is 11.4 Å². The third-order valence-electron chi connectivity index (χ3n) is 4.07. The Bertz CT molecular complexity index is 489. The number of aliphatic hydroxyl groups excluding tert-OH is 1. The summed E-state index contributed by atoms with van der Waals surface area (Å²) < 4.78 is 0. The van der Waals surface area contributed by atoms with Crippen molar-refractivity contribution in [2.45, 2.75) is 25.8 Å². The van der Waals surface area contributed by atoms with Crippen molar-refractivity contribution in [3.8, 4) is 0 Å². The Morgan fingerprint density at radius 2 is 2.29 bits per heavy atom. The van der Waals surface area contributed by atoms with Crippen LogP contribution in [0.3, 0.4) is 0 Å². The molecule has 2 unspecified atom stereocenters. The van der Waals surface area contributed by atoms with Gasteiger partial charge in [-0.2, -0.15) is 0 Å². The fraction of sp³-hybridized carbons (Fsp3) is 0.600. The second kappa shape index (κ2) is 7.04. The van der Waals surface area contributed by atoms with Crippen molar-refractivity contribution in [1.82, 2.24) is 9.80 Å². The summed E-state index contributed by atoms with van der Waals surface area (Å²) in [5.74, 6) is 0.0722. The van der Waals surface area contributed by atoms with E-state index in [4.69, 9.17) is 0 Å². The molecule has 0 spiro atoms. The van der Waals surface area contributed by atoms with E-state index in [0.29, 0.717) is 17.3 Å². The molecule has 2 rings (SSSR count). The average molecular weight is 310 g/mol. The van der Waals surface area contributed by atoms with Crippen LogP contribution in [0.15, 0.2) is 17.5 Å². The van der Waals surface area contributed by atoms with Crippen LogP contribution in [0.25, 0.3) is 0 Å². The Balaban J connectivity index is 1.98. The van der Waals surface area contributed by atoms with Crippen molar-refractivity contribution < 1.29 is 14.7 Å². The van der Waals surface area contributed by atoms with Crippen LogP contribution in [0.4, 0.5) is 0 Å². The number of thiophene rings is 1. The summed E-state index contributed by atoms with van der Waals surface area (Å²) in [6, 6.07) is 3.45. The van der Waals surface area contributed by atoms with Gasteiger partial charge < -0.3 is 14.9 Å². The summed E-state index contributed by atoms with van der Waals surface area (Å²) >= 11 is 1.37. The fourth-order valence-electron chi connectivity index (χ4n) is 2.79. The molecular formula is C15H22N2O3S. The molecule has 1 saturated heterocycles. The highest BCUT2D eigenvalue weighted by Gasteiger charge is 2.32. The second-order valence-electron chi connectivity index (χ2n) is 5.60. The SMILES string of the molecule is CC1CCCN(C(=O)CN(C)C(=O)c2cccs2)C1CO. The zero-order chi connectivity index (χ0) is 15.4. The molecule has 1 aliphatic heterocycles. The van der Waals surface area contributed by atoms with E-state index >= 15 is 0 Å². The summed E-state index contributed by atoms with van der Waals surface area (Å²) in [5.41, 5.74) is 0. The van der Waals surface area contributed by atoms with Crippen molar-refractivity contribution in [3.05, 3.63) is 22.4 Å². The zero-order valence-corrected chi connectivity index (χ0v) is 13.3. The maximum absolute atomic E-state index is 12.4. The lowest BCUT2D eigenvalue weighted by atomic mass is 9.91. The molecule has 5 nitrogen and oxygen atoms in total. The number of nitrogens with zero attached hydrogens (tertiary/aromatic N) is 2. The van der Waals surface area contributed by atoms with Gasteiger partial charge >= 0.3 is 0 Å². The van der Waals surface area contributed by atoms with Gasteiger partial charge in [0.15, 0.2) is 0 Å². The largest absolute Gasteiger partial charge is 0.394 e. The predicted molar refractivity (Wildman–Crippen MR) is 82.3 cm³/mol. The standard InChI is InChI=1S/C15H22N2O3S/c1-11-5-3-7-17(12(11)10-18)14(19)9-16(2)15(20)13-6-4-8-21-13/h4,6,8,11-12,18H,3,5,7,9-10H2,1-2H3. The van der Waals surface area contributed by atoms with Crippen LogP contribution in [-0.4, -0.2) is 59.5 Å². The van der Waals surface area contributed by atoms with E-state index in [9.17, 15) is 14.7 Å². The van der Waals surface area contributed by atoms with Gasteiger partial charge in [-0.1, -0.05) is 13.0 Å². The Kier molecular flexibility index (Phi) is 5.36. The maximum Gasteiger partial charge on any atom is 0.264 e. The molecule has 21 heavy (non-hydrogen) atoms. The van der Waals surface area contributed by atoms with E-state index in [-0.39, 0.29) is 31.0 Å². The topological polar surface area (TPSA) is 60.9 Å². The highest BCUT2D eigenvalue weighted by Crippen LogP contribution is 2.23. The third-order valence-corrected chi connectivity index (χ3v) is 4.93. The summed E-state index contributed by atoms with van der Waals surface area (Å²) in [5, 5.41) is 11.3. The number of hydrogen-bond acceptors (Lipinski definition) is 4. The molecule has 2 atom stereocenters. The third kappa shape index (κ3) is 3.63. The summed E-state index contributed by atoms with van der Waals surface area (Å²) in [6.45, 7) is 2.76. The van der Waals surface area contributed by atoms with Crippen LogP contribution in [0.2, 0.25) is 0 Å². The van der Waals surface area contributed by atoms with E-state index in [2.05, 4.69) is 6.92 Å². The molecule has 0 radical (unpaired) electrons. The molecule has 116 valence electrons. The molecular weight excluding hydrogens is 288 g/mol. The average Bonchev–Trinajstić information content (AvgIpc) is 3.00. The minimum atomic E-state index is -0.135. The summed E-state index contributed by atoms with van der Waals surface area (Å²) in [6.07, 6.45) is 1.98. The predicted octanol–water partition coefficient (Wildman–Crippen LogP) is 1.44. The molecule has 1 N–H and O–H groups in total. The molecule has 1 fully saturated rings. The Hall–Kier alpha value is -1.40. The number of aliphatic hydroxyl groups is 1. The first-order valence-electron chi connectivity index (χ1n) is 7.24. The number of carbonyl (C=O) groups is 2. The molecule has 0 aromatic carbocycles. The second-order valence-corrected chi connectivity index (χ2v) is 6.54. The first kappa shape index (κ1) is 16.0. The van der Waals surface area contributed by atoms with Gasteiger partial charge in [0.05, 0.1) is 24.1 Å². The van der Waals surface area contributed by atoms with Crippen LogP contribution in [0, 0.1) is 5.92 Å². The van der Waals surface area contributed by atoms with Crippen molar-refractivity contribution in [2.75, 3.05) is 26.7 Å². The molecule has 2 amide bonds. The first-order valence-corrected chi connectivity index (χ1v) is 8.12. The summed E-state index contributed by atoms with van der Waals surface area (Å²) in [4.78, 5) is 28.4. The molecule has 1 aliphatic rings. The quantitative estimate of drug-likeness (QED) is 0.915. The number of piperidine rings is 1. The fourth-order valence-corrected chi connectivity index (χ4v) is 3.51. The lowest BCUT2D eigenvalue weighted by Gasteiger charge is -2.39. The van der Waals surface area contributed by atoms with Crippen LogP contribution in [-0.2, 0) is 4.79 Å². The molecule has 2 heterocycles. The molecule has 0 saturated carbocycles. The number of likely N-dealkylation sites (tertiary alicyclic amines) is 1. The molecule has 6 heteroatoms. The number of rotatable bonds is 4. The van der Waals surface area contributed by atoms with Gasteiger partial charge in [-0.05, 0) is 30.2 Å². The monoisotopic (exact) mass is 310 g/mol. The lowest BCUT2D eigenvalue weighted by molar-refractivity contribution is -0.138. The number of hydrogen-bond donors (Lipinski definition) is 1. The van der Waals surface area contributed by atoms with Gasteiger partial charge in [0, 0.05) is 13.6 Å². The first-order chi connectivity index (χ1) is 10.0. The van der Waals surface area contributed by atoms with Crippen molar-refractivity contribution in [1.29, 1.82) is 0 Å². The van der Waals surface area contributed by atoms with Gasteiger partial charge in [-0.25, -0.2) is 0 Å². The minimum Gasteiger partial charge on any atom is -0.394 e. The van der Waals surface area contributed by atoms with Crippen LogP contribution in [0.5, 0.6) is 0 Å². The number of likely N-dealkylation sites (N-methyl/N-ethyl adjacent to an activating group) is 1. The van der Waals surface area contributed by atoms with Crippen LogP contribution >= 0.6 is 11.3 Å². The van der Waals surface area contributed by atoms with Gasteiger partial charge in [0.1, 0.15) is 0 Å². The van der Waals surface area contributed by atoms with Crippen LogP contribution in [0.1, 0.15) is 29.4 Å². The van der Waals surface area contributed by atoms with E-state index in [0.717, 1.165) is 12.8 Å².